The molecule has 1 N–H and O–H groups in total. The SMILES string of the molecule is Cn1cc(/C=C/C(=O)Nc2ccn(Cc3c(F)cccc3Cl)n2)cn1. The van der Waals surface area contributed by atoms with Crippen molar-refractivity contribution in [2.45, 2.75) is 6.54 Å². The van der Waals surface area contributed by atoms with Crippen molar-refractivity contribution in [3.05, 3.63) is 70.9 Å². The first-order valence-electron chi connectivity index (χ1n) is 7.45. The van der Waals surface area contributed by atoms with Gasteiger partial charge in [0.2, 0.25) is 5.91 Å². The summed E-state index contributed by atoms with van der Waals surface area (Å²) < 4.78 is 17.0. The second kappa shape index (κ2) is 7.31. The molecule has 128 valence electrons. The van der Waals surface area contributed by atoms with Crippen LogP contribution in [-0.4, -0.2) is 25.5 Å². The maximum absolute atomic E-state index is 13.8. The smallest absolute Gasteiger partial charge is 0.249 e. The van der Waals surface area contributed by atoms with E-state index in [1.54, 1.807) is 54.6 Å². The van der Waals surface area contributed by atoms with Gasteiger partial charge >= 0.3 is 0 Å². The van der Waals surface area contributed by atoms with Crippen molar-refractivity contribution in [3.8, 4) is 0 Å². The van der Waals surface area contributed by atoms with Gasteiger partial charge in [0, 0.05) is 47.7 Å². The van der Waals surface area contributed by atoms with E-state index in [1.165, 1.54) is 16.8 Å². The zero-order chi connectivity index (χ0) is 17.8. The Morgan fingerprint density at radius 1 is 1.40 bits per heavy atom. The third kappa shape index (κ3) is 4.33. The number of aromatic nitrogens is 4. The highest BCUT2D eigenvalue weighted by Crippen LogP contribution is 2.20. The zero-order valence-electron chi connectivity index (χ0n) is 13.4. The highest BCUT2D eigenvalue weighted by atomic mass is 35.5. The van der Waals surface area contributed by atoms with Gasteiger partial charge in [0.05, 0.1) is 12.7 Å². The minimum atomic E-state index is -0.395. The molecule has 0 radical (unpaired) electrons. The molecule has 8 heteroatoms. The molecule has 0 saturated carbocycles. The van der Waals surface area contributed by atoms with Gasteiger partial charge in [-0.1, -0.05) is 17.7 Å². The van der Waals surface area contributed by atoms with E-state index < -0.39 is 5.82 Å². The molecule has 25 heavy (non-hydrogen) atoms. The first kappa shape index (κ1) is 16.9. The quantitative estimate of drug-likeness (QED) is 0.712. The Kier molecular flexibility index (Phi) is 4.95. The average Bonchev–Trinajstić information content (AvgIpc) is 3.18. The van der Waals surface area contributed by atoms with E-state index in [4.69, 9.17) is 11.6 Å². The first-order valence-corrected chi connectivity index (χ1v) is 7.83. The Labute approximate surface area is 148 Å². The lowest BCUT2D eigenvalue weighted by Gasteiger charge is -2.05. The lowest BCUT2D eigenvalue weighted by atomic mass is 10.2. The summed E-state index contributed by atoms with van der Waals surface area (Å²) in [5, 5.41) is 11.2. The molecule has 0 aliphatic rings. The molecule has 3 rings (SSSR count). The molecule has 2 heterocycles. The third-order valence-corrected chi connectivity index (χ3v) is 3.78. The molecular formula is C17H15ClFN5O. The van der Waals surface area contributed by atoms with Crippen molar-refractivity contribution in [2.24, 2.45) is 7.05 Å². The minimum Gasteiger partial charge on any atom is -0.306 e. The Morgan fingerprint density at radius 3 is 2.96 bits per heavy atom. The monoisotopic (exact) mass is 359 g/mol. The second-order valence-electron chi connectivity index (χ2n) is 5.37. The third-order valence-electron chi connectivity index (χ3n) is 3.43. The summed E-state index contributed by atoms with van der Waals surface area (Å²) in [5.41, 5.74) is 1.17. The van der Waals surface area contributed by atoms with Crippen LogP contribution in [0.3, 0.4) is 0 Å². The summed E-state index contributed by atoms with van der Waals surface area (Å²) >= 11 is 6.00. The summed E-state index contributed by atoms with van der Waals surface area (Å²) in [6.07, 6.45) is 8.12. The first-order chi connectivity index (χ1) is 12.0. The summed E-state index contributed by atoms with van der Waals surface area (Å²) in [6, 6.07) is 6.14. The van der Waals surface area contributed by atoms with Gasteiger partial charge < -0.3 is 5.32 Å². The van der Waals surface area contributed by atoms with Crippen molar-refractivity contribution < 1.29 is 9.18 Å². The number of benzene rings is 1. The van der Waals surface area contributed by atoms with E-state index in [0.29, 0.717) is 16.4 Å². The summed E-state index contributed by atoms with van der Waals surface area (Å²) in [7, 11) is 1.80. The molecule has 0 bridgehead atoms. The number of rotatable bonds is 5. The maximum Gasteiger partial charge on any atom is 0.249 e. The molecule has 0 fully saturated rings. The van der Waals surface area contributed by atoms with E-state index in [-0.39, 0.29) is 12.5 Å². The van der Waals surface area contributed by atoms with Crippen molar-refractivity contribution in [3.63, 3.8) is 0 Å². The van der Waals surface area contributed by atoms with Crippen LogP contribution in [0.15, 0.2) is 48.9 Å². The van der Waals surface area contributed by atoms with Crippen LogP contribution >= 0.6 is 11.6 Å². The van der Waals surface area contributed by atoms with Gasteiger partial charge in [-0.15, -0.1) is 0 Å². The normalized spacial score (nSPS) is 11.2. The van der Waals surface area contributed by atoms with E-state index in [0.717, 1.165) is 5.56 Å². The van der Waals surface area contributed by atoms with Gasteiger partial charge in [0.1, 0.15) is 5.82 Å². The Hall–Kier alpha value is -2.93. The number of anilines is 1. The average molecular weight is 360 g/mol. The van der Waals surface area contributed by atoms with Crippen LogP contribution in [0.1, 0.15) is 11.1 Å². The van der Waals surface area contributed by atoms with Crippen LogP contribution in [0, 0.1) is 5.82 Å². The predicted octanol–water partition coefficient (Wildman–Crippen LogP) is 3.11. The maximum atomic E-state index is 13.8. The molecule has 0 spiro atoms. The molecule has 1 amide bonds. The number of carbonyl (C=O) groups is 1. The summed E-state index contributed by atoms with van der Waals surface area (Å²) in [5.74, 6) is -0.348. The van der Waals surface area contributed by atoms with Crippen LogP contribution in [-0.2, 0) is 18.4 Å². The summed E-state index contributed by atoms with van der Waals surface area (Å²) in [4.78, 5) is 11.9. The lowest BCUT2D eigenvalue weighted by Crippen LogP contribution is -2.09. The fourth-order valence-electron chi connectivity index (χ4n) is 2.23. The predicted molar refractivity (Wildman–Crippen MR) is 93.6 cm³/mol. The number of nitrogens with one attached hydrogen (secondary N) is 1. The fraction of sp³-hybridized carbons (Fsp3) is 0.118. The van der Waals surface area contributed by atoms with Crippen LogP contribution in [0.2, 0.25) is 5.02 Å². The van der Waals surface area contributed by atoms with Gasteiger partial charge in [-0.2, -0.15) is 10.2 Å². The lowest BCUT2D eigenvalue weighted by molar-refractivity contribution is -0.111. The fourth-order valence-corrected chi connectivity index (χ4v) is 2.45. The topological polar surface area (TPSA) is 64.7 Å². The van der Waals surface area contributed by atoms with Gasteiger partial charge in [0.15, 0.2) is 5.82 Å². The molecule has 0 aliphatic carbocycles. The van der Waals surface area contributed by atoms with Crippen LogP contribution in [0.4, 0.5) is 10.2 Å². The Bertz CT molecular complexity index is 911. The Balaban J connectivity index is 1.63. The van der Waals surface area contributed by atoms with E-state index >= 15 is 0 Å². The van der Waals surface area contributed by atoms with Crippen LogP contribution < -0.4 is 5.32 Å². The molecule has 0 atom stereocenters. The molecule has 0 unspecified atom stereocenters. The highest BCUT2D eigenvalue weighted by Gasteiger charge is 2.09. The second-order valence-corrected chi connectivity index (χ2v) is 5.78. The highest BCUT2D eigenvalue weighted by molar-refractivity contribution is 6.31. The van der Waals surface area contributed by atoms with E-state index in [9.17, 15) is 9.18 Å². The number of carbonyl (C=O) groups excluding carboxylic acids is 1. The summed E-state index contributed by atoms with van der Waals surface area (Å²) in [6.45, 7) is 0.174. The minimum absolute atomic E-state index is 0.174. The molecule has 2 aromatic heterocycles. The van der Waals surface area contributed by atoms with Crippen LogP contribution in [0.5, 0.6) is 0 Å². The number of aryl methyl sites for hydroxylation is 1. The van der Waals surface area contributed by atoms with Gasteiger partial charge in [-0.25, -0.2) is 4.39 Å². The molecule has 3 aromatic rings. The molecular weight excluding hydrogens is 345 g/mol. The number of nitrogens with zero attached hydrogens (tertiary/aromatic N) is 4. The standard InChI is InChI=1S/C17H15ClFN5O/c1-23-10-12(9-20-23)5-6-17(25)21-16-7-8-24(22-16)11-13-14(18)3-2-4-15(13)19/h2-10H,11H2,1H3,(H,21,22,25)/b6-5+. The number of hydrogen-bond acceptors (Lipinski definition) is 3. The molecule has 0 saturated heterocycles. The zero-order valence-corrected chi connectivity index (χ0v) is 14.1. The van der Waals surface area contributed by atoms with Crippen molar-refractivity contribution in [1.29, 1.82) is 0 Å². The Morgan fingerprint density at radius 2 is 2.24 bits per heavy atom. The molecule has 1 aromatic carbocycles. The van der Waals surface area contributed by atoms with Crippen molar-refractivity contribution in [1.82, 2.24) is 19.6 Å². The molecule has 0 aliphatic heterocycles. The van der Waals surface area contributed by atoms with Gasteiger partial charge in [0.25, 0.3) is 0 Å². The van der Waals surface area contributed by atoms with Crippen molar-refractivity contribution in [2.75, 3.05) is 5.32 Å². The number of hydrogen-bond donors (Lipinski definition) is 1. The van der Waals surface area contributed by atoms with E-state index in [2.05, 4.69) is 15.5 Å². The molecule has 6 nitrogen and oxygen atoms in total. The number of halogens is 2. The number of amides is 1. The van der Waals surface area contributed by atoms with E-state index in [1.807, 2.05) is 0 Å². The van der Waals surface area contributed by atoms with Crippen molar-refractivity contribution >= 4 is 29.4 Å². The van der Waals surface area contributed by atoms with Gasteiger partial charge in [-0.3, -0.25) is 14.2 Å². The van der Waals surface area contributed by atoms with Gasteiger partial charge in [-0.05, 0) is 18.2 Å². The van der Waals surface area contributed by atoms with Crippen LogP contribution in [0.25, 0.3) is 6.08 Å². The largest absolute Gasteiger partial charge is 0.306 e.